The Morgan fingerprint density at radius 2 is 1.62 bits per heavy atom. The van der Waals surface area contributed by atoms with Crippen LogP contribution in [-0.4, -0.2) is 13.0 Å². The number of carbonyl (C=O) groups excluding carboxylic acids is 1. The Morgan fingerprint density at radius 1 is 0.966 bits per heavy atom. The Morgan fingerprint density at radius 3 is 2.21 bits per heavy atom. The van der Waals surface area contributed by atoms with Crippen molar-refractivity contribution in [3.8, 4) is 5.75 Å². The monoisotopic (exact) mass is 385 g/mol. The molecule has 148 valence electrons. The van der Waals surface area contributed by atoms with Crippen LogP contribution >= 0.6 is 0 Å². The second kappa shape index (κ2) is 9.74. The Bertz CT molecular complexity index is 958. The van der Waals surface area contributed by atoms with E-state index in [1.54, 1.807) is 7.11 Å². The van der Waals surface area contributed by atoms with Crippen molar-refractivity contribution >= 4 is 17.6 Å². The molecule has 0 saturated heterocycles. The van der Waals surface area contributed by atoms with Crippen LogP contribution in [0.1, 0.15) is 42.1 Å². The Balaban J connectivity index is 1.86. The number of aryl methyl sites for hydroxylation is 1. The van der Waals surface area contributed by atoms with Gasteiger partial charge in [-0.2, -0.15) is 0 Å². The predicted octanol–water partition coefficient (Wildman–Crippen LogP) is 5.68. The van der Waals surface area contributed by atoms with Gasteiger partial charge in [0.05, 0.1) is 13.2 Å². The molecule has 29 heavy (non-hydrogen) atoms. The van der Waals surface area contributed by atoms with E-state index in [1.807, 2.05) is 67.6 Å². The van der Waals surface area contributed by atoms with Crippen LogP contribution in [0.5, 0.6) is 5.75 Å². The van der Waals surface area contributed by atoms with Crippen molar-refractivity contribution in [1.82, 2.24) is 5.32 Å². The second-order valence-corrected chi connectivity index (χ2v) is 6.99. The van der Waals surface area contributed by atoms with Gasteiger partial charge in [0.1, 0.15) is 5.75 Å². The lowest BCUT2D eigenvalue weighted by atomic mass is 10.0. The third-order valence-corrected chi connectivity index (χ3v) is 4.99. The average Bonchev–Trinajstić information content (AvgIpc) is 2.78. The maximum atomic E-state index is 13.2. The van der Waals surface area contributed by atoms with Gasteiger partial charge in [0.25, 0.3) is 5.91 Å². The summed E-state index contributed by atoms with van der Waals surface area (Å²) in [6, 6.07) is 25.7. The largest absolute Gasteiger partial charge is 0.497 e. The maximum Gasteiger partial charge on any atom is 0.252 e. The Hall–Kier alpha value is -3.33. The lowest BCUT2D eigenvalue weighted by Gasteiger charge is -2.17. The normalized spacial score (nSPS) is 12.3. The molecule has 3 nitrogen and oxygen atoms in total. The van der Waals surface area contributed by atoms with Crippen LogP contribution in [0.4, 0.5) is 0 Å². The van der Waals surface area contributed by atoms with Gasteiger partial charge in [-0.05, 0) is 53.8 Å². The SMILES string of the molecule is CCc1ccc([C@@H](C)NC(=O)/C(=C/c2ccc(OC)cc2)c2ccccc2)cc1. The summed E-state index contributed by atoms with van der Waals surface area (Å²) in [4.78, 5) is 13.2. The van der Waals surface area contributed by atoms with Gasteiger partial charge >= 0.3 is 0 Å². The fraction of sp³-hybridized carbons (Fsp3) is 0.192. The third-order valence-electron chi connectivity index (χ3n) is 4.99. The lowest BCUT2D eigenvalue weighted by molar-refractivity contribution is -0.116. The number of nitrogens with one attached hydrogen (secondary N) is 1. The fourth-order valence-corrected chi connectivity index (χ4v) is 3.16. The molecule has 0 aliphatic rings. The zero-order valence-electron chi connectivity index (χ0n) is 17.2. The summed E-state index contributed by atoms with van der Waals surface area (Å²) in [5.41, 5.74) is 4.84. The summed E-state index contributed by atoms with van der Waals surface area (Å²) in [5.74, 6) is 0.691. The van der Waals surface area contributed by atoms with Crippen LogP contribution in [0.25, 0.3) is 11.6 Å². The number of hydrogen-bond donors (Lipinski definition) is 1. The van der Waals surface area contributed by atoms with Crippen LogP contribution in [0, 0.1) is 0 Å². The molecule has 0 aliphatic carbocycles. The third kappa shape index (κ3) is 5.35. The number of hydrogen-bond acceptors (Lipinski definition) is 2. The second-order valence-electron chi connectivity index (χ2n) is 6.99. The number of amides is 1. The first-order chi connectivity index (χ1) is 14.1. The zero-order valence-corrected chi connectivity index (χ0v) is 17.2. The highest BCUT2D eigenvalue weighted by atomic mass is 16.5. The Labute approximate surface area is 173 Å². The molecule has 1 N–H and O–H groups in total. The van der Waals surface area contributed by atoms with Gasteiger partial charge in [-0.25, -0.2) is 0 Å². The smallest absolute Gasteiger partial charge is 0.252 e. The molecule has 0 fully saturated rings. The molecular formula is C26H27NO2. The minimum Gasteiger partial charge on any atom is -0.497 e. The molecule has 0 aromatic heterocycles. The van der Waals surface area contributed by atoms with E-state index in [9.17, 15) is 4.79 Å². The van der Waals surface area contributed by atoms with Crippen molar-refractivity contribution in [1.29, 1.82) is 0 Å². The number of ether oxygens (including phenoxy) is 1. The first-order valence-electron chi connectivity index (χ1n) is 9.91. The van der Waals surface area contributed by atoms with Crippen LogP contribution in [0.2, 0.25) is 0 Å². The zero-order chi connectivity index (χ0) is 20.6. The molecular weight excluding hydrogens is 358 g/mol. The summed E-state index contributed by atoms with van der Waals surface area (Å²) >= 11 is 0. The van der Waals surface area contributed by atoms with Crippen molar-refractivity contribution in [3.63, 3.8) is 0 Å². The molecule has 0 aliphatic heterocycles. The number of carbonyl (C=O) groups is 1. The first-order valence-corrected chi connectivity index (χ1v) is 9.91. The van der Waals surface area contributed by atoms with E-state index in [0.29, 0.717) is 5.57 Å². The Kier molecular flexibility index (Phi) is 6.85. The maximum absolute atomic E-state index is 13.2. The van der Waals surface area contributed by atoms with Crippen molar-refractivity contribution < 1.29 is 9.53 Å². The highest BCUT2D eigenvalue weighted by molar-refractivity contribution is 6.24. The fourth-order valence-electron chi connectivity index (χ4n) is 3.16. The molecule has 0 radical (unpaired) electrons. The predicted molar refractivity (Wildman–Crippen MR) is 120 cm³/mol. The topological polar surface area (TPSA) is 38.3 Å². The summed E-state index contributed by atoms with van der Waals surface area (Å²) in [6.45, 7) is 4.14. The molecule has 3 heteroatoms. The van der Waals surface area contributed by atoms with E-state index >= 15 is 0 Å². The number of rotatable bonds is 7. The highest BCUT2D eigenvalue weighted by Gasteiger charge is 2.16. The molecule has 1 amide bonds. The molecule has 3 aromatic rings. The van der Waals surface area contributed by atoms with Crippen molar-refractivity contribution in [2.45, 2.75) is 26.3 Å². The van der Waals surface area contributed by atoms with Gasteiger partial charge in [0.15, 0.2) is 0 Å². The molecule has 0 bridgehead atoms. The van der Waals surface area contributed by atoms with Gasteiger partial charge in [-0.3, -0.25) is 4.79 Å². The quantitative estimate of drug-likeness (QED) is 0.420. The molecule has 1 atom stereocenters. The minimum atomic E-state index is -0.0981. The van der Waals surface area contributed by atoms with E-state index in [-0.39, 0.29) is 11.9 Å². The molecule has 0 heterocycles. The van der Waals surface area contributed by atoms with Crippen LogP contribution in [0.3, 0.4) is 0 Å². The van der Waals surface area contributed by atoms with Gasteiger partial charge in [-0.1, -0.05) is 73.7 Å². The standard InChI is InChI=1S/C26H27NO2/c1-4-20-10-14-22(15-11-20)19(2)27-26(28)25(23-8-6-5-7-9-23)18-21-12-16-24(29-3)17-13-21/h5-19H,4H2,1-3H3,(H,27,28)/b25-18+/t19-/m1/s1. The minimum absolute atomic E-state index is 0.0867. The van der Waals surface area contributed by atoms with Gasteiger partial charge < -0.3 is 10.1 Å². The van der Waals surface area contributed by atoms with Crippen molar-refractivity contribution in [3.05, 3.63) is 101 Å². The summed E-state index contributed by atoms with van der Waals surface area (Å²) in [7, 11) is 1.64. The molecule has 3 aromatic carbocycles. The van der Waals surface area contributed by atoms with E-state index in [0.717, 1.165) is 28.9 Å². The molecule has 0 unspecified atom stereocenters. The van der Waals surface area contributed by atoms with E-state index < -0.39 is 0 Å². The van der Waals surface area contributed by atoms with E-state index in [4.69, 9.17) is 4.74 Å². The molecule has 0 spiro atoms. The lowest BCUT2D eigenvalue weighted by Crippen LogP contribution is -2.27. The van der Waals surface area contributed by atoms with Gasteiger partial charge in [0, 0.05) is 5.57 Å². The van der Waals surface area contributed by atoms with Gasteiger partial charge in [-0.15, -0.1) is 0 Å². The van der Waals surface area contributed by atoms with E-state index in [1.165, 1.54) is 5.56 Å². The summed E-state index contributed by atoms with van der Waals surface area (Å²) in [6.07, 6.45) is 2.92. The van der Waals surface area contributed by atoms with Crippen LogP contribution < -0.4 is 10.1 Å². The van der Waals surface area contributed by atoms with Gasteiger partial charge in [0.2, 0.25) is 0 Å². The molecule has 3 rings (SSSR count). The summed E-state index contributed by atoms with van der Waals surface area (Å²) in [5, 5.41) is 3.14. The van der Waals surface area contributed by atoms with Crippen LogP contribution in [-0.2, 0) is 11.2 Å². The van der Waals surface area contributed by atoms with E-state index in [2.05, 4.69) is 36.5 Å². The average molecular weight is 386 g/mol. The highest BCUT2D eigenvalue weighted by Crippen LogP contribution is 2.22. The molecule has 0 saturated carbocycles. The van der Waals surface area contributed by atoms with Crippen molar-refractivity contribution in [2.75, 3.05) is 7.11 Å². The summed E-state index contributed by atoms with van der Waals surface area (Å²) < 4.78 is 5.22. The first kappa shape index (κ1) is 20.4. The van der Waals surface area contributed by atoms with Crippen LogP contribution in [0.15, 0.2) is 78.9 Å². The van der Waals surface area contributed by atoms with Crippen molar-refractivity contribution in [2.24, 2.45) is 0 Å². The number of methoxy groups -OCH3 is 1. The number of benzene rings is 3.